The Balaban J connectivity index is 0.000000427. The number of nitrogens with one attached hydrogen (secondary N) is 2. The number of rotatable bonds is 6. The molecule has 1 aliphatic rings. The molecule has 1 fully saturated rings. The molecule has 1 saturated heterocycles. The van der Waals surface area contributed by atoms with E-state index in [1.165, 1.54) is 5.56 Å². The van der Waals surface area contributed by atoms with E-state index >= 15 is 0 Å². The van der Waals surface area contributed by atoms with Crippen LogP contribution in [-0.4, -0.2) is 48.0 Å². The second kappa shape index (κ2) is 13.2. The summed E-state index contributed by atoms with van der Waals surface area (Å²) in [4.78, 5) is 29.5. The molecular formula is C29H34Cl2N4O3. The zero-order valence-electron chi connectivity index (χ0n) is 22.0. The minimum absolute atomic E-state index is 0.0536. The molecule has 0 spiro atoms. The van der Waals surface area contributed by atoms with Crippen molar-refractivity contribution < 1.29 is 14.7 Å². The van der Waals surface area contributed by atoms with Crippen LogP contribution in [0.1, 0.15) is 44.4 Å². The Kier molecular flexibility index (Phi) is 10.3. The average Bonchev–Trinajstić information content (AvgIpc) is 3.32. The van der Waals surface area contributed by atoms with Crippen molar-refractivity contribution in [3.63, 3.8) is 0 Å². The molecular weight excluding hydrogens is 523 g/mol. The highest BCUT2D eigenvalue weighted by molar-refractivity contribution is 6.39. The number of halogens is 2. The van der Waals surface area contributed by atoms with Crippen molar-refractivity contribution >= 4 is 46.8 Å². The predicted molar refractivity (Wildman–Crippen MR) is 154 cm³/mol. The minimum Gasteiger partial charge on any atom is -0.392 e. The van der Waals surface area contributed by atoms with Crippen LogP contribution < -0.4 is 15.5 Å². The quantitative estimate of drug-likeness (QED) is 0.351. The second-order valence-electron chi connectivity index (χ2n) is 10.2. The fraction of sp³-hybridized carbons (Fsp3) is 0.345. The van der Waals surface area contributed by atoms with Crippen LogP contribution in [0.4, 0.5) is 11.4 Å². The van der Waals surface area contributed by atoms with Crippen molar-refractivity contribution in [2.24, 2.45) is 0 Å². The van der Waals surface area contributed by atoms with Gasteiger partial charge in [0.1, 0.15) is 12.3 Å². The molecule has 4 rings (SSSR count). The van der Waals surface area contributed by atoms with E-state index in [0.717, 1.165) is 17.5 Å². The monoisotopic (exact) mass is 556 g/mol. The fourth-order valence-electron chi connectivity index (χ4n) is 4.09. The lowest BCUT2D eigenvalue weighted by atomic mass is 9.87. The van der Waals surface area contributed by atoms with Gasteiger partial charge in [0.2, 0.25) is 0 Å². The molecule has 1 aliphatic heterocycles. The number of amides is 1. The summed E-state index contributed by atoms with van der Waals surface area (Å²) in [5, 5.41) is 15.3. The number of carbonyl (C=O) groups is 2. The number of carbonyl (C=O) groups excluding carboxylic acids is 2. The molecule has 1 amide bonds. The predicted octanol–water partition coefficient (Wildman–Crippen LogP) is 5.41. The van der Waals surface area contributed by atoms with E-state index in [9.17, 15) is 9.59 Å². The summed E-state index contributed by atoms with van der Waals surface area (Å²) < 4.78 is 0. The molecule has 7 nitrogen and oxygen atoms in total. The molecule has 3 N–H and O–H groups in total. The summed E-state index contributed by atoms with van der Waals surface area (Å²) in [5.41, 5.74) is 3.36. The zero-order chi connectivity index (χ0) is 27.9. The number of aromatic nitrogens is 1. The lowest BCUT2D eigenvalue weighted by molar-refractivity contribution is -0.117. The first kappa shape index (κ1) is 29.6. The Morgan fingerprint density at radius 3 is 2.26 bits per heavy atom. The number of para-hydroxylation sites is 1. The Hall–Kier alpha value is -2.97. The van der Waals surface area contributed by atoms with Crippen LogP contribution in [0.3, 0.4) is 0 Å². The van der Waals surface area contributed by atoms with Gasteiger partial charge >= 0.3 is 0 Å². The van der Waals surface area contributed by atoms with Crippen molar-refractivity contribution in [2.75, 3.05) is 23.8 Å². The van der Waals surface area contributed by atoms with Crippen LogP contribution in [0.15, 0.2) is 67.0 Å². The van der Waals surface area contributed by atoms with Crippen LogP contribution in [0.5, 0.6) is 0 Å². The summed E-state index contributed by atoms with van der Waals surface area (Å²) in [7, 11) is 1.89. The number of β-amino-alcohol motifs (C(OH)–C–C–N with tert-alkyl or cyclic N) is 1. The molecule has 0 aliphatic carbocycles. The third-order valence-electron chi connectivity index (χ3n) is 6.29. The maximum absolute atomic E-state index is 13.4. The van der Waals surface area contributed by atoms with Gasteiger partial charge in [-0.2, -0.15) is 0 Å². The maximum Gasteiger partial charge on any atom is 0.251 e. The number of anilines is 2. The molecule has 38 heavy (non-hydrogen) atoms. The standard InChI is InChI=1S/C24H25Cl2N3O.C5H9NO2/c1-24(2,3)17-10-12-18(13-11-17)29(4)22(16-7-6-14-27-15-16)23(30)28-21-19(25)8-5-9-20(21)26;7-3-4-1-5(8)2-6-4/h5-15,22H,1-4H3,(H,28,30);3-6,8H,1-2H2. The first-order chi connectivity index (χ1) is 18.0. The lowest BCUT2D eigenvalue weighted by Crippen LogP contribution is -2.35. The van der Waals surface area contributed by atoms with Gasteiger partial charge in [-0.15, -0.1) is 0 Å². The van der Waals surface area contributed by atoms with Gasteiger partial charge in [0.05, 0.1) is 27.9 Å². The topological polar surface area (TPSA) is 94.6 Å². The average molecular weight is 558 g/mol. The molecule has 3 aromatic rings. The van der Waals surface area contributed by atoms with Gasteiger partial charge in [-0.1, -0.05) is 68.2 Å². The third-order valence-corrected chi connectivity index (χ3v) is 6.92. The van der Waals surface area contributed by atoms with E-state index in [0.29, 0.717) is 28.7 Å². The maximum atomic E-state index is 13.4. The van der Waals surface area contributed by atoms with E-state index < -0.39 is 6.04 Å². The highest BCUT2D eigenvalue weighted by atomic mass is 35.5. The largest absolute Gasteiger partial charge is 0.392 e. The Labute approximate surface area is 234 Å². The molecule has 2 heterocycles. The lowest BCUT2D eigenvalue weighted by Gasteiger charge is -2.30. The number of hydrogen-bond donors (Lipinski definition) is 3. The van der Waals surface area contributed by atoms with E-state index in [2.05, 4.69) is 48.5 Å². The van der Waals surface area contributed by atoms with Crippen LogP contribution >= 0.6 is 23.2 Å². The van der Waals surface area contributed by atoms with Crippen molar-refractivity contribution in [3.8, 4) is 0 Å². The third kappa shape index (κ3) is 7.77. The first-order valence-corrected chi connectivity index (χ1v) is 13.1. The number of aliphatic hydroxyl groups is 1. The second-order valence-corrected chi connectivity index (χ2v) is 11.0. The number of benzene rings is 2. The van der Waals surface area contributed by atoms with Crippen LogP contribution in [0, 0.1) is 0 Å². The Bertz CT molecular complexity index is 1200. The van der Waals surface area contributed by atoms with Crippen LogP contribution in [-0.2, 0) is 15.0 Å². The number of aliphatic hydroxyl groups excluding tert-OH is 1. The molecule has 0 bridgehead atoms. The number of hydrogen-bond acceptors (Lipinski definition) is 6. The number of pyridine rings is 1. The van der Waals surface area contributed by atoms with Crippen molar-refractivity contribution in [1.29, 1.82) is 0 Å². The Morgan fingerprint density at radius 2 is 1.79 bits per heavy atom. The SMILES string of the molecule is CN(c1ccc(C(C)(C)C)cc1)C(C(=O)Nc1c(Cl)cccc1Cl)c1cccnc1.O=CC1CC(O)CN1. The van der Waals surface area contributed by atoms with Gasteiger partial charge in [-0.25, -0.2) is 0 Å². The summed E-state index contributed by atoms with van der Waals surface area (Å²) in [5.74, 6) is -0.250. The van der Waals surface area contributed by atoms with Gasteiger partial charge in [-0.3, -0.25) is 9.78 Å². The summed E-state index contributed by atoms with van der Waals surface area (Å²) >= 11 is 12.5. The summed E-state index contributed by atoms with van der Waals surface area (Å²) in [6, 6.07) is 16.3. The van der Waals surface area contributed by atoms with Gasteiger partial charge < -0.3 is 25.4 Å². The molecule has 0 radical (unpaired) electrons. The van der Waals surface area contributed by atoms with Gasteiger partial charge in [0.25, 0.3) is 5.91 Å². The number of aldehydes is 1. The normalized spacial score (nSPS) is 17.7. The van der Waals surface area contributed by atoms with Crippen LogP contribution in [0.25, 0.3) is 0 Å². The minimum atomic E-state index is -0.619. The first-order valence-electron chi connectivity index (χ1n) is 12.4. The summed E-state index contributed by atoms with van der Waals surface area (Å²) in [6.45, 7) is 7.07. The van der Waals surface area contributed by atoms with Gasteiger partial charge in [0.15, 0.2) is 0 Å². The summed E-state index contributed by atoms with van der Waals surface area (Å²) in [6.07, 6.45) is 4.46. The van der Waals surface area contributed by atoms with Crippen molar-refractivity contribution in [3.05, 3.63) is 88.2 Å². The van der Waals surface area contributed by atoms with E-state index in [1.807, 2.05) is 36.2 Å². The van der Waals surface area contributed by atoms with Gasteiger partial charge in [-0.05, 0) is 47.7 Å². The van der Waals surface area contributed by atoms with E-state index in [4.69, 9.17) is 28.3 Å². The molecule has 3 atom stereocenters. The molecule has 1 aromatic heterocycles. The molecule has 3 unspecified atom stereocenters. The number of likely N-dealkylation sites (N-methyl/N-ethyl adjacent to an activating group) is 1. The number of nitrogens with zero attached hydrogens (tertiary/aromatic N) is 2. The zero-order valence-corrected chi connectivity index (χ0v) is 23.5. The molecule has 202 valence electrons. The Morgan fingerprint density at radius 1 is 1.13 bits per heavy atom. The smallest absolute Gasteiger partial charge is 0.251 e. The highest BCUT2D eigenvalue weighted by Crippen LogP contribution is 2.33. The van der Waals surface area contributed by atoms with Gasteiger partial charge in [0, 0.05) is 37.2 Å². The molecule has 0 saturated carbocycles. The molecule has 9 heteroatoms. The van der Waals surface area contributed by atoms with E-state index in [-0.39, 0.29) is 23.5 Å². The molecule has 2 aromatic carbocycles. The van der Waals surface area contributed by atoms with Crippen molar-refractivity contribution in [2.45, 2.75) is 50.8 Å². The fourth-order valence-corrected chi connectivity index (χ4v) is 4.59. The van der Waals surface area contributed by atoms with Crippen LogP contribution in [0.2, 0.25) is 10.0 Å². The van der Waals surface area contributed by atoms with Crippen molar-refractivity contribution in [1.82, 2.24) is 10.3 Å². The highest BCUT2D eigenvalue weighted by Gasteiger charge is 2.27. The van der Waals surface area contributed by atoms with E-state index in [1.54, 1.807) is 30.6 Å².